The smallest absolute Gasteiger partial charge is 0.421 e. The molecular formula is C23H24N2O5. The fraction of sp³-hybridized carbons (Fsp3) is 0.348. The number of hydrazine groups is 1. The molecule has 1 amide bonds. The van der Waals surface area contributed by atoms with E-state index in [-0.39, 0.29) is 31.1 Å². The molecule has 7 heteroatoms. The monoisotopic (exact) mass is 408 g/mol. The first-order valence-corrected chi connectivity index (χ1v) is 10.0. The molecule has 0 saturated heterocycles. The number of benzene rings is 2. The zero-order chi connectivity index (χ0) is 21.1. The summed E-state index contributed by atoms with van der Waals surface area (Å²) in [6, 6.07) is 16.2. The lowest BCUT2D eigenvalue weighted by Crippen LogP contribution is -2.50. The van der Waals surface area contributed by atoms with E-state index in [0.29, 0.717) is 12.8 Å². The number of amides is 1. The molecule has 4 rings (SSSR count). The van der Waals surface area contributed by atoms with Crippen molar-refractivity contribution in [2.75, 3.05) is 13.7 Å². The van der Waals surface area contributed by atoms with E-state index in [4.69, 9.17) is 4.74 Å². The second-order valence-electron chi connectivity index (χ2n) is 7.66. The minimum Gasteiger partial charge on any atom is -0.469 e. The van der Waals surface area contributed by atoms with Gasteiger partial charge in [0.15, 0.2) is 5.78 Å². The molecule has 2 aromatic rings. The fourth-order valence-electron chi connectivity index (χ4n) is 3.96. The van der Waals surface area contributed by atoms with Gasteiger partial charge in [-0.15, -0.1) is 0 Å². The van der Waals surface area contributed by atoms with Crippen LogP contribution in [-0.2, 0) is 19.1 Å². The largest absolute Gasteiger partial charge is 0.469 e. The second-order valence-corrected chi connectivity index (χ2v) is 7.66. The molecule has 0 aromatic heterocycles. The molecule has 1 fully saturated rings. The number of rotatable bonds is 8. The number of carbonyl (C=O) groups excluding carboxylic acids is 3. The van der Waals surface area contributed by atoms with Crippen LogP contribution in [0.15, 0.2) is 48.5 Å². The van der Waals surface area contributed by atoms with Gasteiger partial charge in [-0.05, 0) is 35.1 Å². The van der Waals surface area contributed by atoms with E-state index in [2.05, 4.69) is 39.9 Å². The molecule has 7 nitrogen and oxygen atoms in total. The highest BCUT2D eigenvalue weighted by molar-refractivity contribution is 5.93. The number of ether oxygens (including phenoxy) is 2. The summed E-state index contributed by atoms with van der Waals surface area (Å²) in [5.74, 6) is -0.574. The number of carbonyl (C=O) groups is 3. The first-order chi connectivity index (χ1) is 14.5. The Bertz CT molecular complexity index is 938. The lowest BCUT2D eigenvalue weighted by Gasteiger charge is -2.18. The van der Waals surface area contributed by atoms with Gasteiger partial charge in [0.25, 0.3) is 0 Å². The summed E-state index contributed by atoms with van der Waals surface area (Å²) in [7, 11) is 1.29. The highest BCUT2D eigenvalue weighted by Gasteiger charge is 2.49. The number of esters is 1. The molecule has 30 heavy (non-hydrogen) atoms. The Kier molecular flexibility index (Phi) is 5.55. The molecule has 0 aliphatic heterocycles. The highest BCUT2D eigenvalue weighted by atomic mass is 16.6. The van der Waals surface area contributed by atoms with Crippen LogP contribution < -0.4 is 10.9 Å². The molecule has 2 aliphatic rings. The van der Waals surface area contributed by atoms with Crippen molar-refractivity contribution in [2.24, 2.45) is 0 Å². The van der Waals surface area contributed by atoms with Crippen LogP contribution in [0.4, 0.5) is 4.79 Å². The molecule has 2 aromatic carbocycles. The van der Waals surface area contributed by atoms with E-state index >= 15 is 0 Å². The summed E-state index contributed by atoms with van der Waals surface area (Å²) in [5.41, 5.74) is 9.08. The van der Waals surface area contributed by atoms with Gasteiger partial charge < -0.3 is 9.47 Å². The lowest BCUT2D eigenvalue weighted by molar-refractivity contribution is -0.142. The molecule has 0 heterocycles. The molecule has 2 aliphatic carbocycles. The summed E-state index contributed by atoms with van der Waals surface area (Å²) in [6.07, 6.45) is 0.687. The van der Waals surface area contributed by atoms with E-state index in [1.807, 2.05) is 24.3 Å². The van der Waals surface area contributed by atoms with E-state index < -0.39 is 17.6 Å². The average Bonchev–Trinajstić information content (AvgIpc) is 3.51. The fourth-order valence-corrected chi connectivity index (χ4v) is 3.96. The van der Waals surface area contributed by atoms with E-state index in [1.54, 1.807) is 0 Å². The molecule has 0 spiro atoms. The van der Waals surface area contributed by atoms with Gasteiger partial charge in [0.2, 0.25) is 0 Å². The maximum Gasteiger partial charge on any atom is 0.421 e. The van der Waals surface area contributed by atoms with Crippen LogP contribution in [0.5, 0.6) is 0 Å². The van der Waals surface area contributed by atoms with Crippen LogP contribution >= 0.6 is 0 Å². The summed E-state index contributed by atoms with van der Waals surface area (Å²) in [6.45, 7) is 0.199. The Morgan fingerprint density at radius 1 is 0.967 bits per heavy atom. The third kappa shape index (κ3) is 3.93. The first kappa shape index (κ1) is 20.1. The predicted molar refractivity (Wildman–Crippen MR) is 110 cm³/mol. The molecule has 0 bridgehead atoms. The number of hydrogen-bond acceptors (Lipinski definition) is 6. The van der Waals surface area contributed by atoms with E-state index in [1.165, 1.54) is 7.11 Å². The van der Waals surface area contributed by atoms with Crippen LogP contribution in [0.2, 0.25) is 0 Å². The van der Waals surface area contributed by atoms with Crippen molar-refractivity contribution in [3.05, 3.63) is 59.7 Å². The quantitative estimate of drug-likeness (QED) is 0.515. The highest BCUT2D eigenvalue weighted by Crippen LogP contribution is 2.44. The maximum absolute atomic E-state index is 12.3. The molecular weight excluding hydrogens is 384 g/mol. The van der Waals surface area contributed by atoms with Crippen molar-refractivity contribution in [1.82, 2.24) is 10.9 Å². The molecule has 156 valence electrons. The number of Topliss-reactive ketones (excluding diaryl/α,β-unsaturated/α-hetero) is 1. The van der Waals surface area contributed by atoms with Crippen molar-refractivity contribution >= 4 is 17.8 Å². The topological polar surface area (TPSA) is 93.7 Å². The Morgan fingerprint density at radius 2 is 1.57 bits per heavy atom. The Hall–Kier alpha value is -3.19. The number of methoxy groups -OCH3 is 1. The summed E-state index contributed by atoms with van der Waals surface area (Å²) < 4.78 is 10.0. The van der Waals surface area contributed by atoms with Crippen LogP contribution in [0.3, 0.4) is 0 Å². The summed E-state index contributed by atoms with van der Waals surface area (Å²) in [4.78, 5) is 35.8. The SMILES string of the molecule is COC(=O)CCC(=O)C1(NNC(=O)OCC2c3ccccc3-c3ccccc32)CC1. The van der Waals surface area contributed by atoms with Crippen molar-refractivity contribution in [1.29, 1.82) is 0 Å². The molecule has 0 atom stereocenters. The summed E-state index contributed by atoms with van der Waals surface area (Å²) >= 11 is 0. The van der Waals surface area contributed by atoms with E-state index in [0.717, 1.165) is 22.3 Å². The molecule has 2 N–H and O–H groups in total. The lowest BCUT2D eigenvalue weighted by atomic mass is 9.98. The van der Waals surface area contributed by atoms with Gasteiger partial charge in [0.1, 0.15) is 6.61 Å². The molecule has 0 unspecified atom stereocenters. The zero-order valence-electron chi connectivity index (χ0n) is 16.8. The van der Waals surface area contributed by atoms with Crippen molar-refractivity contribution in [3.63, 3.8) is 0 Å². The third-order valence-corrected chi connectivity index (χ3v) is 5.82. The van der Waals surface area contributed by atoms with Gasteiger partial charge in [-0.3, -0.25) is 15.0 Å². The maximum atomic E-state index is 12.3. The molecule has 0 radical (unpaired) electrons. The van der Waals surface area contributed by atoms with Gasteiger partial charge >= 0.3 is 12.1 Å². The summed E-state index contributed by atoms with van der Waals surface area (Å²) in [5, 5.41) is 0. The van der Waals surface area contributed by atoms with Gasteiger partial charge in [-0.2, -0.15) is 0 Å². The number of hydrogen-bond donors (Lipinski definition) is 2. The van der Waals surface area contributed by atoms with Crippen LogP contribution in [0.25, 0.3) is 11.1 Å². The van der Waals surface area contributed by atoms with Gasteiger partial charge in [0.05, 0.1) is 19.1 Å². The number of nitrogens with one attached hydrogen (secondary N) is 2. The molecule has 1 saturated carbocycles. The average molecular weight is 408 g/mol. The third-order valence-electron chi connectivity index (χ3n) is 5.82. The minimum atomic E-state index is -0.806. The Balaban J connectivity index is 1.32. The van der Waals surface area contributed by atoms with Crippen LogP contribution in [-0.4, -0.2) is 37.1 Å². The second kappa shape index (κ2) is 8.28. The van der Waals surface area contributed by atoms with Crippen molar-refractivity contribution in [3.8, 4) is 11.1 Å². The standard InChI is InChI=1S/C23H24N2O5/c1-29-21(27)11-10-20(26)23(12-13-23)25-24-22(28)30-14-19-17-8-4-2-6-15(17)16-7-3-5-9-18(16)19/h2-9,19,25H,10-14H2,1H3,(H,24,28). The zero-order valence-corrected chi connectivity index (χ0v) is 16.8. The predicted octanol–water partition coefficient (Wildman–Crippen LogP) is 3.08. The van der Waals surface area contributed by atoms with Crippen molar-refractivity contribution < 1.29 is 23.9 Å². The van der Waals surface area contributed by atoms with Gasteiger partial charge in [-0.1, -0.05) is 48.5 Å². The Morgan fingerprint density at radius 3 is 2.13 bits per heavy atom. The van der Waals surface area contributed by atoms with Gasteiger partial charge in [0, 0.05) is 12.3 Å². The van der Waals surface area contributed by atoms with Crippen LogP contribution in [0.1, 0.15) is 42.7 Å². The first-order valence-electron chi connectivity index (χ1n) is 10.0. The van der Waals surface area contributed by atoms with Crippen LogP contribution in [0, 0.1) is 0 Å². The van der Waals surface area contributed by atoms with Crippen molar-refractivity contribution in [2.45, 2.75) is 37.1 Å². The number of fused-ring (bicyclic) bond motifs is 3. The normalized spacial score (nSPS) is 15.6. The van der Waals surface area contributed by atoms with Gasteiger partial charge in [-0.25, -0.2) is 10.2 Å². The Labute approximate surface area is 174 Å². The minimum absolute atomic E-state index is 0.0280. The van der Waals surface area contributed by atoms with E-state index in [9.17, 15) is 14.4 Å². The number of ketones is 1.